The molecule has 1 unspecified atom stereocenters. The first kappa shape index (κ1) is 34.2. The van der Waals surface area contributed by atoms with Gasteiger partial charge in [-0.3, -0.25) is 9.78 Å². The summed E-state index contributed by atoms with van der Waals surface area (Å²) in [5.41, 5.74) is 8.00. The average Bonchev–Trinajstić information content (AvgIpc) is 3.06. The smallest absolute Gasteiger partial charge is 0.243 e. The number of benzene rings is 2. The molecule has 3 aromatic rings. The third-order valence-electron chi connectivity index (χ3n) is 8.96. The molecule has 2 saturated heterocycles. The van der Waals surface area contributed by atoms with E-state index in [1.165, 1.54) is 29.7 Å². The number of rotatable bonds is 11. The van der Waals surface area contributed by atoms with Gasteiger partial charge in [0, 0.05) is 54.9 Å². The number of amides is 1. The van der Waals surface area contributed by atoms with Gasteiger partial charge >= 0.3 is 0 Å². The van der Waals surface area contributed by atoms with Crippen molar-refractivity contribution in [3.8, 4) is 5.75 Å². The molecule has 2 aliphatic rings. The van der Waals surface area contributed by atoms with Gasteiger partial charge in [-0.1, -0.05) is 23.7 Å². The molecule has 1 amide bonds. The number of nitrogens with zero attached hydrogens (tertiary/aromatic N) is 2. The molecule has 4 N–H and O–H groups in total. The number of piperazine rings is 1. The van der Waals surface area contributed by atoms with Gasteiger partial charge in [-0.25, -0.2) is 12.8 Å². The van der Waals surface area contributed by atoms with E-state index in [0.717, 1.165) is 24.6 Å². The molecule has 0 aliphatic carbocycles. The predicted molar refractivity (Wildman–Crippen MR) is 175 cm³/mol. The lowest BCUT2D eigenvalue weighted by molar-refractivity contribution is -0.118. The number of aromatic nitrogens is 1. The number of hydrogen-bond acceptors (Lipinski definition) is 8. The van der Waals surface area contributed by atoms with Crippen LogP contribution in [0.5, 0.6) is 5.75 Å². The normalized spacial score (nSPS) is 21.0. The average molecular weight is 674 g/mol. The number of methoxy groups -OCH3 is 1. The fraction of sp³-hybridized carbons (Fsp3) is 0.455. The standard InChI is InChI=1S/C33H41ClFN5O5S/c1-21-17-37-18-25(40(21)46(42,43)27-10-8-26(44-2)9-11-27)7-12-28-29(35)19-38-20-30(28)39-33(41)32(36)31(23-13-15-45-16-14-23)22-3-5-24(34)6-4-22/h3-6,8-11,19-21,23,25,31-32,37H,7,12-18,36H2,1-2H3,(H,39,41)/t21-,25-,31?,32-/m0/s1. The Morgan fingerprint density at radius 3 is 2.52 bits per heavy atom. The maximum Gasteiger partial charge on any atom is 0.243 e. The van der Waals surface area contributed by atoms with Gasteiger partial charge < -0.3 is 25.8 Å². The largest absolute Gasteiger partial charge is 0.497 e. The second-order valence-electron chi connectivity index (χ2n) is 11.9. The molecule has 2 aliphatic heterocycles. The van der Waals surface area contributed by atoms with Crippen LogP contribution in [0.25, 0.3) is 0 Å². The lowest BCUT2D eigenvalue weighted by atomic mass is 9.76. The molecule has 46 heavy (non-hydrogen) atoms. The van der Waals surface area contributed by atoms with Crippen molar-refractivity contribution in [2.75, 3.05) is 38.7 Å². The topological polar surface area (TPSA) is 136 Å². The number of carbonyl (C=O) groups excluding carboxylic acids is 1. The van der Waals surface area contributed by atoms with Crippen molar-refractivity contribution >= 4 is 33.2 Å². The Balaban J connectivity index is 1.35. The second kappa shape index (κ2) is 15.2. The Kier molecular flexibility index (Phi) is 11.3. The number of ether oxygens (including phenoxy) is 2. The highest BCUT2D eigenvalue weighted by molar-refractivity contribution is 7.89. The minimum atomic E-state index is -3.86. The minimum Gasteiger partial charge on any atom is -0.497 e. The molecule has 0 bridgehead atoms. The van der Waals surface area contributed by atoms with Crippen LogP contribution in [0.15, 0.2) is 65.8 Å². The summed E-state index contributed by atoms with van der Waals surface area (Å²) in [6.07, 6.45) is 4.47. The fourth-order valence-electron chi connectivity index (χ4n) is 6.58. The van der Waals surface area contributed by atoms with Crippen LogP contribution < -0.4 is 21.1 Å². The van der Waals surface area contributed by atoms with Crippen LogP contribution in [0.3, 0.4) is 0 Å². The number of carbonyl (C=O) groups is 1. The van der Waals surface area contributed by atoms with Gasteiger partial charge in [-0.05, 0) is 80.5 Å². The lowest BCUT2D eigenvalue weighted by Gasteiger charge is -2.40. The molecule has 2 fully saturated rings. The van der Waals surface area contributed by atoms with Crippen LogP contribution in [0.1, 0.15) is 43.2 Å². The Morgan fingerprint density at radius 1 is 1.15 bits per heavy atom. The maximum atomic E-state index is 15.3. The van der Waals surface area contributed by atoms with E-state index in [0.29, 0.717) is 43.5 Å². The molecule has 248 valence electrons. The third kappa shape index (κ3) is 7.70. The van der Waals surface area contributed by atoms with Crippen molar-refractivity contribution in [2.45, 2.75) is 61.5 Å². The van der Waals surface area contributed by atoms with Crippen molar-refractivity contribution in [3.05, 3.63) is 82.9 Å². The van der Waals surface area contributed by atoms with Crippen molar-refractivity contribution in [1.29, 1.82) is 0 Å². The summed E-state index contributed by atoms with van der Waals surface area (Å²) in [5, 5.41) is 6.72. The van der Waals surface area contributed by atoms with Gasteiger partial charge in [0.05, 0.1) is 36.1 Å². The van der Waals surface area contributed by atoms with E-state index in [4.69, 9.17) is 26.8 Å². The summed E-state index contributed by atoms with van der Waals surface area (Å²) >= 11 is 6.14. The molecular weight excluding hydrogens is 633 g/mol. The molecule has 2 aromatic carbocycles. The second-order valence-corrected chi connectivity index (χ2v) is 14.2. The van der Waals surface area contributed by atoms with Crippen molar-refractivity contribution in [3.63, 3.8) is 0 Å². The van der Waals surface area contributed by atoms with E-state index in [1.54, 1.807) is 24.3 Å². The SMILES string of the molecule is COc1ccc(S(=O)(=O)N2[C@@H](CCc3c(F)cncc3NC(=O)[C@@H](N)C(c3ccc(Cl)cc3)C3CCOCC3)CNC[C@@H]2C)cc1. The Labute approximate surface area is 274 Å². The third-order valence-corrected chi connectivity index (χ3v) is 11.3. The zero-order valence-electron chi connectivity index (χ0n) is 26.0. The van der Waals surface area contributed by atoms with Gasteiger partial charge in [-0.15, -0.1) is 0 Å². The first-order chi connectivity index (χ1) is 22.1. The number of nitrogens with two attached hydrogens (primary N) is 1. The molecule has 10 nitrogen and oxygen atoms in total. The first-order valence-electron chi connectivity index (χ1n) is 15.5. The van der Waals surface area contributed by atoms with Crippen molar-refractivity contribution in [1.82, 2.24) is 14.6 Å². The number of hydrogen-bond donors (Lipinski definition) is 3. The zero-order valence-corrected chi connectivity index (χ0v) is 27.6. The molecular formula is C33H41ClFN5O5S. The number of halogens is 2. The van der Waals surface area contributed by atoms with Crippen LogP contribution in [0.4, 0.5) is 10.1 Å². The lowest BCUT2D eigenvalue weighted by Crippen LogP contribution is -2.58. The Morgan fingerprint density at radius 2 is 1.85 bits per heavy atom. The van der Waals surface area contributed by atoms with Gasteiger partial charge in [-0.2, -0.15) is 4.31 Å². The molecule has 0 saturated carbocycles. The maximum absolute atomic E-state index is 15.3. The van der Waals surface area contributed by atoms with Crippen LogP contribution >= 0.6 is 11.6 Å². The predicted octanol–water partition coefficient (Wildman–Crippen LogP) is 4.34. The monoisotopic (exact) mass is 673 g/mol. The van der Waals surface area contributed by atoms with Crippen molar-refractivity contribution < 1.29 is 27.1 Å². The Hall–Kier alpha value is -3.13. The summed E-state index contributed by atoms with van der Waals surface area (Å²) < 4.78 is 55.1. The van der Waals surface area contributed by atoms with Crippen molar-refractivity contribution in [2.24, 2.45) is 11.7 Å². The molecule has 4 atom stereocenters. The van der Waals surface area contributed by atoms with E-state index < -0.39 is 33.8 Å². The number of nitrogens with one attached hydrogen (secondary N) is 2. The van der Waals surface area contributed by atoms with Gasteiger partial charge in [0.25, 0.3) is 0 Å². The molecule has 5 rings (SSSR count). The number of pyridine rings is 1. The number of sulfonamides is 1. The van der Waals surface area contributed by atoms with Gasteiger partial charge in [0.2, 0.25) is 15.9 Å². The van der Waals surface area contributed by atoms with E-state index in [1.807, 2.05) is 19.1 Å². The summed E-state index contributed by atoms with van der Waals surface area (Å²) in [6, 6.07) is 11.9. The van der Waals surface area contributed by atoms with Crippen LogP contribution in [-0.2, 0) is 26.0 Å². The number of anilines is 1. The zero-order chi connectivity index (χ0) is 32.8. The molecule has 0 spiro atoms. The van der Waals surface area contributed by atoms with E-state index in [-0.39, 0.29) is 40.4 Å². The fourth-order valence-corrected chi connectivity index (χ4v) is 8.55. The quantitative estimate of drug-likeness (QED) is 0.274. The molecule has 1 aromatic heterocycles. The van der Waals surface area contributed by atoms with Crippen LogP contribution in [0.2, 0.25) is 5.02 Å². The summed E-state index contributed by atoms with van der Waals surface area (Å²) in [5.74, 6) is -0.695. The Bertz CT molecular complexity index is 1590. The molecule has 3 heterocycles. The van der Waals surface area contributed by atoms with Gasteiger partial charge in [0.15, 0.2) is 0 Å². The van der Waals surface area contributed by atoms with E-state index in [2.05, 4.69) is 15.6 Å². The highest BCUT2D eigenvalue weighted by atomic mass is 35.5. The van der Waals surface area contributed by atoms with Crippen LogP contribution in [-0.4, -0.2) is 75.2 Å². The van der Waals surface area contributed by atoms with E-state index >= 15 is 4.39 Å². The summed E-state index contributed by atoms with van der Waals surface area (Å²) in [6.45, 7) is 3.89. The molecule has 0 radical (unpaired) electrons. The van der Waals surface area contributed by atoms with E-state index in [9.17, 15) is 13.2 Å². The summed E-state index contributed by atoms with van der Waals surface area (Å²) in [7, 11) is -2.34. The highest BCUT2D eigenvalue weighted by Gasteiger charge is 2.38. The first-order valence-corrected chi connectivity index (χ1v) is 17.3. The van der Waals surface area contributed by atoms with Gasteiger partial charge in [0.1, 0.15) is 11.6 Å². The highest BCUT2D eigenvalue weighted by Crippen LogP contribution is 2.36. The van der Waals surface area contributed by atoms with Crippen LogP contribution in [0, 0.1) is 11.7 Å². The summed E-state index contributed by atoms with van der Waals surface area (Å²) in [4.78, 5) is 17.8. The molecule has 13 heteroatoms. The minimum absolute atomic E-state index is 0.111.